The highest BCUT2D eigenvalue weighted by Gasteiger charge is 2.23. The number of anilines is 1. The molecule has 0 aromatic carbocycles. The maximum Gasteiger partial charge on any atom is 0.328 e. The average Bonchev–Trinajstić information content (AvgIpc) is 2.74. The van der Waals surface area contributed by atoms with E-state index in [0.29, 0.717) is 6.54 Å². The minimum atomic E-state index is -0.968. The van der Waals surface area contributed by atoms with Crippen LogP contribution in [-0.2, 0) is 18.4 Å². The summed E-state index contributed by atoms with van der Waals surface area (Å²) in [6, 6.07) is 2.13. The van der Waals surface area contributed by atoms with Crippen LogP contribution in [0, 0.1) is 5.82 Å². The number of unbranched alkanes of at least 4 members (excludes halogenated alkanes) is 1. The number of halogens is 1. The SMILES string of the molecule is CCCc1cc(N2CCN(CCCCn3cc(F)c(=O)[nH]c3=O)CC2)nc(C(C)(C)C)n1. The molecule has 0 aliphatic carbocycles. The van der Waals surface area contributed by atoms with Crippen LogP contribution < -0.4 is 16.1 Å². The van der Waals surface area contributed by atoms with Gasteiger partial charge < -0.3 is 4.90 Å². The predicted molar refractivity (Wildman–Crippen MR) is 124 cm³/mol. The quantitative estimate of drug-likeness (QED) is 0.627. The van der Waals surface area contributed by atoms with Crippen molar-refractivity contribution in [3.63, 3.8) is 0 Å². The fourth-order valence-corrected chi connectivity index (χ4v) is 3.83. The van der Waals surface area contributed by atoms with E-state index >= 15 is 0 Å². The second kappa shape index (κ2) is 10.4. The van der Waals surface area contributed by atoms with E-state index < -0.39 is 17.1 Å². The van der Waals surface area contributed by atoms with Gasteiger partial charge in [-0.2, -0.15) is 4.39 Å². The number of H-pyrrole nitrogens is 1. The molecule has 0 amide bonds. The number of hydrogen-bond donors (Lipinski definition) is 1. The first-order chi connectivity index (χ1) is 15.2. The smallest absolute Gasteiger partial charge is 0.328 e. The lowest BCUT2D eigenvalue weighted by atomic mass is 9.95. The fourth-order valence-electron chi connectivity index (χ4n) is 3.83. The lowest BCUT2D eigenvalue weighted by molar-refractivity contribution is 0.250. The minimum absolute atomic E-state index is 0.0863. The summed E-state index contributed by atoms with van der Waals surface area (Å²) in [6.45, 7) is 13.7. The second-order valence-electron chi connectivity index (χ2n) is 9.51. The Morgan fingerprint density at radius 3 is 2.41 bits per heavy atom. The molecule has 3 rings (SSSR count). The van der Waals surface area contributed by atoms with Gasteiger partial charge in [0.15, 0.2) is 0 Å². The number of hydrogen-bond acceptors (Lipinski definition) is 6. The molecule has 3 heterocycles. The van der Waals surface area contributed by atoms with Gasteiger partial charge in [-0.15, -0.1) is 0 Å². The molecule has 0 saturated carbocycles. The lowest BCUT2D eigenvalue weighted by Gasteiger charge is -2.36. The van der Waals surface area contributed by atoms with Gasteiger partial charge in [-0.05, 0) is 25.8 Å². The van der Waals surface area contributed by atoms with E-state index in [9.17, 15) is 14.0 Å². The Hall–Kier alpha value is -2.55. The molecule has 1 aliphatic heterocycles. The monoisotopic (exact) mass is 446 g/mol. The summed E-state index contributed by atoms with van der Waals surface area (Å²) in [7, 11) is 0. The van der Waals surface area contributed by atoms with Gasteiger partial charge in [0.25, 0.3) is 5.56 Å². The fraction of sp³-hybridized carbons (Fsp3) is 0.652. The van der Waals surface area contributed by atoms with E-state index in [1.165, 1.54) is 4.57 Å². The first-order valence-corrected chi connectivity index (χ1v) is 11.5. The molecule has 2 aromatic heterocycles. The van der Waals surface area contributed by atoms with Crippen LogP contribution in [0.2, 0.25) is 0 Å². The van der Waals surface area contributed by atoms with Crippen LogP contribution in [0.1, 0.15) is 58.5 Å². The molecular weight excluding hydrogens is 411 g/mol. The third-order valence-electron chi connectivity index (χ3n) is 5.73. The van der Waals surface area contributed by atoms with Gasteiger partial charge >= 0.3 is 5.69 Å². The minimum Gasteiger partial charge on any atom is -0.354 e. The van der Waals surface area contributed by atoms with E-state index in [2.05, 4.69) is 43.6 Å². The number of aromatic amines is 1. The van der Waals surface area contributed by atoms with Crippen molar-refractivity contribution >= 4 is 5.82 Å². The molecule has 0 radical (unpaired) electrons. The Labute approximate surface area is 188 Å². The molecule has 0 atom stereocenters. The van der Waals surface area contributed by atoms with Gasteiger partial charge in [0, 0.05) is 49.9 Å². The number of aryl methyl sites for hydroxylation is 2. The maximum atomic E-state index is 13.4. The van der Waals surface area contributed by atoms with Crippen molar-refractivity contribution in [2.45, 2.75) is 65.3 Å². The number of nitrogens with zero attached hydrogens (tertiary/aromatic N) is 5. The molecule has 1 fully saturated rings. The van der Waals surface area contributed by atoms with Gasteiger partial charge in [0.1, 0.15) is 11.6 Å². The summed E-state index contributed by atoms with van der Waals surface area (Å²) >= 11 is 0. The molecule has 176 valence electrons. The molecule has 9 heteroatoms. The maximum absolute atomic E-state index is 13.4. The van der Waals surface area contributed by atoms with Crippen molar-refractivity contribution in [1.82, 2.24) is 24.4 Å². The van der Waals surface area contributed by atoms with Crippen LogP contribution in [0.15, 0.2) is 21.9 Å². The highest BCUT2D eigenvalue weighted by molar-refractivity contribution is 5.41. The largest absolute Gasteiger partial charge is 0.354 e. The molecule has 1 N–H and O–H groups in total. The molecule has 0 spiro atoms. The summed E-state index contributed by atoms with van der Waals surface area (Å²) < 4.78 is 14.6. The van der Waals surface area contributed by atoms with Crippen molar-refractivity contribution < 1.29 is 4.39 Å². The highest BCUT2D eigenvalue weighted by atomic mass is 19.1. The molecular formula is C23H35FN6O2. The predicted octanol–water partition coefficient (Wildman–Crippen LogP) is 2.32. The van der Waals surface area contributed by atoms with Gasteiger partial charge in [0.2, 0.25) is 5.82 Å². The zero-order valence-electron chi connectivity index (χ0n) is 19.7. The zero-order valence-corrected chi connectivity index (χ0v) is 19.7. The third-order valence-corrected chi connectivity index (χ3v) is 5.73. The summed E-state index contributed by atoms with van der Waals surface area (Å²) in [4.78, 5) is 39.2. The standard InChI is InChI=1S/C23H35FN6O2/c1-5-8-17-15-19(26-21(25-17)23(2,3)4)29-13-11-28(12-14-29)9-6-7-10-30-16-18(24)20(31)27-22(30)32/h15-16H,5-14H2,1-4H3,(H,27,31,32). The van der Waals surface area contributed by atoms with Crippen LogP contribution in [-0.4, -0.2) is 57.1 Å². The Bertz CT molecular complexity index is 1020. The Morgan fingerprint density at radius 2 is 1.75 bits per heavy atom. The van der Waals surface area contributed by atoms with E-state index in [0.717, 1.165) is 81.9 Å². The molecule has 32 heavy (non-hydrogen) atoms. The van der Waals surface area contributed by atoms with Crippen molar-refractivity contribution in [2.24, 2.45) is 0 Å². The lowest BCUT2D eigenvalue weighted by Crippen LogP contribution is -2.47. The van der Waals surface area contributed by atoms with Crippen LogP contribution in [0.5, 0.6) is 0 Å². The van der Waals surface area contributed by atoms with E-state index in [4.69, 9.17) is 9.97 Å². The summed E-state index contributed by atoms with van der Waals surface area (Å²) in [5.41, 5.74) is -0.508. The third kappa shape index (κ3) is 6.25. The van der Waals surface area contributed by atoms with Gasteiger partial charge in [0.05, 0.1) is 6.20 Å². The van der Waals surface area contributed by atoms with Crippen LogP contribution >= 0.6 is 0 Å². The van der Waals surface area contributed by atoms with Crippen LogP contribution in [0.25, 0.3) is 0 Å². The summed E-state index contributed by atoms with van der Waals surface area (Å²) in [6.07, 6.45) is 4.65. The molecule has 8 nitrogen and oxygen atoms in total. The topological polar surface area (TPSA) is 87.1 Å². The first kappa shape index (κ1) is 24.1. The van der Waals surface area contributed by atoms with Gasteiger partial charge in [-0.25, -0.2) is 14.8 Å². The number of rotatable bonds is 8. The summed E-state index contributed by atoms with van der Waals surface area (Å²) in [5, 5.41) is 0. The van der Waals surface area contributed by atoms with Crippen molar-refractivity contribution in [3.05, 3.63) is 50.4 Å². The van der Waals surface area contributed by atoms with Crippen LogP contribution in [0.3, 0.4) is 0 Å². The first-order valence-electron chi connectivity index (χ1n) is 11.5. The zero-order chi connectivity index (χ0) is 23.3. The van der Waals surface area contributed by atoms with E-state index in [1.54, 1.807) is 0 Å². The molecule has 1 saturated heterocycles. The van der Waals surface area contributed by atoms with Crippen molar-refractivity contribution in [3.8, 4) is 0 Å². The van der Waals surface area contributed by atoms with Crippen molar-refractivity contribution in [2.75, 3.05) is 37.6 Å². The van der Waals surface area contributed by atoms with E-state index in [-0.39, 0.29) is 5.41 Å². The van der Waals surface area contributed by atoms with Crippen molar-refractivity contribution in [1.29, 1.82) is 0 Å². The Kier molecular flexibility index (Phi) is 7.82. The van der Waals surface area contributed by atoms with Gasteiger partial charge in [-0.1, -0.05) is 34.1 Å². The molecule has 0 unspecified atom stereocenters. The average molecular weight is 447 g/mol. The molecule has 1 aliphatic rings. The highest BCUT2D eigenvalue weighted by Crippen LogP contribution is 2.23. The Balaban J connectivity index is 1.51. The number of aromatic nitrogens is 4. The number of nitrogens with one attached hydrogen (secondary N) is 1. The molecule has 0 bridgehead atoms. The number of piperazine rings is 1. The Morgan fingerprint density at radius 1 is 1.06 bits per heavy atom. The molecule has 2 aromatic rings. The van der Waals surface area contributed by atoms with E-state index in [1.807, 2.05) is 4.98 Å². The van der Waals surface area contributed by atoms with Gasteiger partial charge in [-0.3, -0.25) is 19.2 Å². The normalized spacial score (nSPS) is 15.3. The summed E-state index contributed by atoms with van der Waals surface area (Å²) in [5.74, 6) is 0.990. The van der Waals surface area contributed by atoms with Crippen LogP contribution in [0.4, 0.5) is 10.2 Å². The second-order valence-corrected chi connectivity index (χ2v) is 9.51.